The molecule has 0 aromatic carbocycles. The van der Waals surface area contributed by atoms with Crippen LogP contribution in [-0.4, -0.2) is 12.5 Å². The van der Waals surface area contributed by atoms with Crippen LogP contribution in [0.2, 0.25) is 0 Å². The molecule has 0 spiro atoms. The molecular formula is C13H25NO. The van der Waals surface area contributed by atoms with Gasteiger partial charge in [-0.05, 0) is 32.1 Å². The predicted molar refractivity (Wildman–Crippen MR) is 65.7 cm³/mol. The van der Waals surface area contributed by atoms with E-state index in [0.717, 1.165) is 19.4 Å². The van der Waals surface area contributed by atoms with Crippen molar-refractivity contribution in [3.05, 3.63) is 12.2 Å². The van der Waals surface area contributed by atoms with Gasteiger partial charge in [-0.1, -0.05) is 32.9 Å². The van der Waals surface area contributed by atoms with Crippen LogP contribution in [0.25, 0.3) is 0 Å². The molecule has 1 unspecified atom stereocenters. The lowest BCUT2D eigenvalue weighted by atomic mass is 9.82. The van der Waals surface area contributed by atoms with E-state index in [2.05, 4.69) is 32.2 Å². The van der Waals surface area contributed by atoms with E-state index in [0.29, 0.717) is 0 Å². The quantitative estimate of drug-likeness (QED) is 0.695. The molecule has 0 rings (SSSR count). The number of amides is 1. The standard InChI is InChI=1S/C13H25NO/c1-6-8-9-11(10-13(3,4)5)12(15)14-7-2/h6,8,11H,7,9-10H2,1-5H3,(H,14,15)/b8-6+. The Morgan fingerprint density at radius 1 is 1.40 bits per heavy atom. The molecule has 15 heavy (non-hydrogen) atoms. The smallest absolute Gasteiger partial charge is 0.223 e. The van der Waals surface area contributed by atoms with Crippen molar-refractivity contribution in [2.45, 2.75) is 47.5 Å². The molecule has 2 nitrogen and oxygen atoms in total. The van der Waals surface area contributed by atoms with Gasteiger partial charge in [-0.2, -0.15) is 0 Å². The highest BCUT2D eigenvalue weighted by Crippen LogP contribution is 2.26. The second-order valence-electron chi connectivity index (χ2n) is 5.16. The molecule has 0 aromatic rings. The molecule has 0 radical (unpaired) electrons. The fourth-order valence-electron chi connectivity index (χ4n) is 1.64. The molecule has 0 heterocycles. The van der Waals surface area contributed by atoms with Crippen molar-refractivity contribution < 1.29 is 4.79 Å². The Morgan fingerprint density at radius 3 is 2.40 bits per heavy atom. The number of carbonyl (C=O) groups is 1. The zero-order valence-corrected chi connectivity index (χ0v) is 10.8. The van der Waals surface area contributed by atoms with Crippen molar-refractivity contribution >= 4 is 5.91 Å². The fourth-order valence-corrected chi connectivity index (χ4v) is 1.64. The van der Waals surface area contributed by atoms with Crippen molar-refractivity contribution in [2.75, 3.05) is 6.54 Å². The van der Waals surface area contributed by atoms with E-state index in [-0.39, 0.29) is 17.2 Å². The van der Waals surface area contributed by atoms with Gasteiger partial charge in [0, 0.05) is 12.5 Å². The van der Waals surface area contributed by atoms with E-state index >= 15 is 0 Å². The molecule has 0 bridgehead atoms. The normalized spacial score (nSPS) is 14.2. The summed E-state index contributed by atoms with van der Waals surface area (Å²) in [6.45, 7) is 11.2. The molecule has 0 aliphatic heterocycles. The van der Waals surface area contributed by atoms with Gasteiger partial charge >= 0.3 is 0 Å². The number of hydrogen-bond donors (Lipinski definition) is 1. The molecule has 0 aromatic heterocycles. The fraction of sp³-hybridized carbons (Fsp3) is 0.769. The Morgan fingerprint density at radius 2 is 2.00 bits per heavy atom. The highest BCUT2D eigenvalue weighted by atomic mass is 16.1. The van der Waals surface area contributed by atoms with Gasteiger partial charge in [-0.15, -0.1) is 0 Å². The summed E-state index contributed by atoms with van der Waals surface area (Å²) in [5, 5.41) is 2.90. The highest BCUT2D eigenvalue weighted by Gasteiger charge is 2.23. The second-order valence-corrected chi connectivity index (χ2v) is 5.16. The van der Waals surface area contributed by atoms with E-state index < -0.39 is 0 Å². The second kappa shape index (κ2) is 6.65. The van der Waals surface area contributed by atoms with Gasteiger partial charge < -0.3 is 5.32 Å². The van der Waals surface area contributed by atoms with E-state index in [1.165, 1.54) is 0 Å². The number of allylic oxidation sites excluding steroid dienone is 2. The SMILES string of the molecule is C/C=C/CC(CC(C)(C)C)C(=O)NCC. The molecule has 0 saturated heterocycles. The molecule has 0 saturated carbocycles. The average Bonchev–Trinajstić information content (AvgIpc) is 2.10. The zero-order valence-electron chi connectivity index (χ0n) is 10.8. The Kier molecular flexibility index (Phi) is 6.30. The summed E-state index contributed by atoms with van der Waals surface area (Å²) in [6.07, 6.45) is 5.86. The lowest BCUT2D eigenvalue weighted by Crippen LogP contribution is -2.32. The monoisotopic (exact) mass is 211 g/mol. The third-order valence-corrected chi connectivity index (χ3v) is 2.24. The maximum Gasteiger partial charge on any atom is 0.223 e. The Bertz CT molecular complexity index is 213. The highest BCUT2D eigenvalue weighted by molar-refractivity contribution is 5.78. The van der Waals surface area contributed by atoms with E-state index in [1.54, 1.807) is 0 Å². The summed E-state index contributed by atoms with van der Waals surface area (Å²) in [4.78, 5) is 11.8. The average molecular weight is 211 g/mol. The molecule has 88 valence electrons. The van der Waals surface area contributed by atoms with Crippen LogP contribution in [0.4, 0.5) is 0 Å². The Labute approximate surface area is 94.1 Å². The minimum Gasteiger partial charge on any atom is -0.356 e. The van der Waals surface area contributed by atoms with Gasteiger partial charge in [0.1, 0.15) is 0 Å². The lowest BCUT2D eigenvalue weighted by Gasteiger charge is -2.24. The van der Waals surface area contributed by atoms with E-state index in [4.69, 9.17) is 0 Å². The minimum absolute atomic E-state index is 0.112. The van der Waals surface area contributed by atoms with Gasteiger partial charge in [0.05, 0.1) is 0 Å². The molecule has 1 atom stereocenters. The number of rotatable bonds is 5. The van der Waals surface area contributed by atoms with Crippen LogP contribution in [0.15, 0.2) is 12.2 Å². The lowest BCUT2D eigenvalue weighted by molar-refractivity contribution is -0.125. The van der Waals surface area contributed by atoms with Crippen molar-refractivity contribution in [1.29, 1.82) is 0 Å². The molecule has 0 aliphatic carbocycles. The van der Waals surface area contributed by atoms with Gasteiger partial charge in [-0.3, -0.25) is 4.79 Å². The molecule has 0 fully saturated rings. The first-order valence-electron chi connectivity index (χ1n) is 5.79. The van der Waals surface area contributed by atoms with Crippen LogP contribution in [0.3, 0.4) is 0 Å². The van der Waals surface area contributed by atoms with Crippen molar-refractivity contribution in [3.8, 4) is 0 Å². The third kappa shape index (κ3) is 7.18. The van der Waals surface area contributed by atoms with E-state index in [9.17, 15) is 4.79 Å². The summed E-state index contributed by atoms with van der Waals surface area (Å²) in [6, 6.07) is 0. The van der Waals surface area contributed by atoms with Crippen LogP contribution in [0, 0.1) is 11.3 Å². The summed E-state index contributed by atoms with van der Waals surface area (Å²) < 4.78 is 0. The molecule has 1 amide bonds. The first-order valence-corrected chi connectivity index (χ1v) is 5.79. The maximum atomic E-state index is 11.8. The molecule has 1 N–H and O–H groups in total. The third-order valence-electron chi connectivity index (χ3n) is 2.24. The summed E-state index contributed by atoms with van der Waals surface area (Å²) in [7, 11) is 0. The largest absolute Gasteiger partial charge is 0.356 e. The van der Waals surface area contributed by atoms with Gasteiger partial charge in [-0.25, -0.2) is 0 Å². The first-order chi connectivity index (χ1) is 6.90. The Balaban J connectivity index is 4.36. The van der Waals surface area contributed by atoms with Gasteiger partial charge in [0.25, 0.3) is 0 Å². The first kappa shape index (κ1) is 14.2. The van der Waals surface area contributed by atoms with Crippen LogP contribution in [0.5, 0.6) is 0 Å². The minimum atomic E-state index is 0.112. The topological polar surface area (TPSA) is 29.1 Å². The number of hydrogen-bond acceptors (Lipinski definition) is 1. The van der Waals surface area contributed by atoms with Crippen LogP contribution < -0.4 is 5.32 Å². The maximum absolute atomic E-state index is 11.8. The van der Waals surface area contributed by atoms with Crippen molar-refractivity contribution in [2.24, 2.45) is 11.3 Å². The predicted octanol–water partition coefficient (Wildman–Crippen LogP) is 3.14. The zero-order chi connectivity index (χ0) is 11.9. The van der Waals surface area contributed by atoms with Crippen molar-refractivity contribution in [3.63, 3.8) is 0 Å². The van der Waals surface area contributed by atoms with Gasteiger partial charge in [0.15, 0.2) is 0 Å². The summed E-state index contributed by atoms with van der Waals surface area (Å²) in [5.74, 6) is 0.298. The Hall–Kier alpha value is -0.790. The van der Waals surface area contributed by atoms with Crippen LogP contribution in [0.1, 0.15) is 47.5 Å². The molecular weight excluding hydrogens is 186 g/mol. The molecule has 2 heteroatoms. The summed E-state index contributed by atoms with van der Waals surface area (Å²) in [5.41, 5.74) is 0.206. The van der Waals surface area contributed by atoms with Crippen LogP contribution in [-0.2, 0) is 4.79 Å². The van der Waals surface area contributed by atoms with Crippen molar-refractivity contribution in [1.82, 2.24) is 5.32 Å². The number of nitrogens with one attached hydrogen (secondary N) is 1. The number of carbonyl (C=O) groups excluding carboxylic acids is 1. The molecule has 0 aliphatic rings. The summed E-state index contributed by atoms with van der Waals surface area (Å²) >= 11 is 0. The van der Waals surface area contributed by atoms with Gasteiger partial charge in [0.2, 0.25) is 5.91 Å². The van der Waals surface area contributed by atoms with E-state index in [1.807, 2.05) is 19.9 Å². The van der Waals surface area contributed by atoms with Crippen LogP contribution >= 0.6 is 0 Å².